The molecule has 1 saturated heterocycles. The Labute approximate surface area is 209 Å². The summed E-state index contributed by atoms with van der Waals surface area (Å²) in [5, 5.41) is 34.6. The van der Waals surface area contributed by atoms with E-state index in [9.17, 15) is 20.4 Å². The highest BCUT2D eigenvalue weighted by molar-refractivity contribution is 5.63. The van der Waals surface area contributed by atoms with Crippen molar-refractivity contribution >= 4 is 23.4 Å². The molecule has 1 saturated carbocycles. The number of rotatable bonds is 4. The van der Waals surface area contributed by atoms with Crippen LogP contribution in [-0.2, 0) is 0 Å². The van der Waals surface area contributed by atoms with Crippen LogP contribution in [-0.4, -0.2) is 66.9 Å². The molecule has 184 valence electrons. The van der Waals surface area contributed by atoms with Crippen LogP contribution >= 0.6 is 0 Å². The second-order valence-electron chi connectivity index (χ2n) is 8.89. The van der Waals surface area contributed by atoms with E-state index < -0.39 is 5.69 Å². The van der Waals surface area contributed by atoms with Gasteiger partial charge < -0.3 is 19.9 Å². The van der Waals surface area contributed by atoms with E-state index in [2.05, 4.69) is 37.1 Å². The van der Waals surface area contributed by atoms with Crippen LogP contribution in [0.5, 0.6) is 5.88 Å². The highest BCUT2D eigenvalue weighted by atomic mass is 16.3. The minimum Gasteiger partial charge on any atom is -0.493 e. The zero-order valence-corrected chi connectivity index (χ0v) is 19.6. The van der Waals surface area contributed by atoms with Crippen LogP contribution in [0.2, 0.25) is 0 Å². The van der Waals surface area contributed by atoms with Crippen molar-refractivity contribution in [2.24, 2.45) is 4.99 Å². The molecule has 2 fully saturated rings. The van der Waals surface area contributed by atoms with E-state index in [-0.39, 0.29) is 17.6 Å². The lowest BCUT2D eigenvalue weighted by atomic mass is 10.2. The lowest BCUT2D eigenvalue weighted by Gasteiger charge is -2.36. The molecule has 0 atom stereocenters. The average molecular weight is 496 g/mol. The monoisotopic (exact) mass is 495 g/mol. The van der Waals surface area contributed by atoms with E-state index in [4.69, 9.17) is 9.98 Å². The van der Waals surface area contributed by atoms with E-state index in [1.165, 1.54) is 4.52 Å². The molecule has 13 nitrogen and oxygen atoms in total. The van der Waals surface area contributed by atoms with Gasteiger partial charge in [0.1, 0.15) is 29.2 Å². The molecule has 5 heterocycles. The first-order chi connectivity index (χ1) is 18.1. The standard InChI is InChI=1S/C24H21N11O2/c25-11-14-2-1-5-27-19(14)33-6-8-34(9-7-33)21-17(12-26)22(29-16-3-4-16)35-20(31-21)15(13-28-35)10-18-23(36)32-24(37)30-18/h1-2,5,10,13,16,36H,3-4,6-9H2,(H2,30,32,37). The molecular formula is C24H21N11O2. The molecule has 0 amide bonds. The van der Waals surface area contributed by atoms with Gasteiger partial charge in [-0.2, -0.15) is 20.1 Å². The first kappa shape index (κ1) is 22.3. The minimum atomic E-state index is -0.532. The summed E-state index contributed by atoms with van der Waals surface area (Å²) >= 11 is 0. The van der Waals surface area contributed by atoms with Gasteiger partial charge in [-0.1, -0.05) is 0 Å². The molecule has 0 radical (unpaired) electrons. The Bertz CT molecular complexity index is 1770. The normalized spacial score (nSPS) is 16.8. The maximum absolute atomic E-state index is 11.6. The van der Waals surface area contributed by atoms with Crippen LogP contribution in [0.4, 0.5) is 11.6 Å². The van der Waals surface area contributed by atoms with E-state index >= 15 is 0 Å². The third-order valence-corrected chi connectivity index (χ3v) is 6.42. The highest BCUT2D eigenvalue weighted by Gasteiger charge is 2.27. The highest BCUT2D eigenvalue weighted by Crippen LogP contribution is 2.24. The van der Waals surface area contributed by atoms with Gasteiger partial charge in [-0.15, -0.1) is 0 Å². The Morgan fingerprint density at radius 3 is 2.51 bits per heavy atom. The summed E-state index contributed by atoms with van der Waals surface area (Å²) < 4.78 is 1.54. The number of H-pyrrole nitrogens is 2. The molecule has 3 N–H and O–H groups in total. The third-order valence-electron chi connectivity index (χ3n) is 6.42. The van der Waals surface area contributed by atoms with Crippen molar-refractivity contribution in [1.29, 1.82) is 10.5 Å². The molecule has 6 rings (SSSR count). The van der Waals surface area contributed by atoms with Gasteiger partial charge in [0.2, 0.25) is 5.88 Å². The Balaban J connectivity index is 1.44. The number of hydrogen-bond donors (Lipinski definition) is 3. The van der Waals surface area contributed by atoms with Crippen LogP contribution in [0.25, 0.3) is 11.7 Å². The maximum atomic E-state index is 11.6. The topological polar surface area (TPSA) is 178 Å². The smallest absolute Gasteiger partial charge is 0.326 e. The van der Waals surface area contributed by atoms with E-state index in [0.29, 0.717) is 65.3 Å². The van der Waals surface area contributed by atoms with Gasteiger partial charge in [-0.25, -0.2) is 14.8 Å². The molecule has 1 aliphatic heterocycles. The molecule has 4 aromatic heterocycles. The van der Waals surface area contributed by atoms with Gasteiger partial charge in [0.05, 0.1) is 17.8 Å². The molecule has 37 heavy (non-hydrogen) atoms. The number of nitrogens with zero attached hydrogens (tertiary/aromatic N) is 9. The Hall–Kier alpha value is -5.17. The van der Waals surface area contributed by atoms with Gasteiger partial charge in [0.25, 0.3) is 0 Å². The molecule has 2 aliphatic rings. The zero-order valence-electron chi connectivity index (χ0n) is 19.6. The summed E-state index contributed by atoms with van der Waals surface area (Å²) in [4.78, 5) is 34.5. The lowest BCUT2D eigenvalue weighted by Crippen LogP contribution is -2.48. The van der Waals surface area contributed by atoms with Crippen molar-refractivity contribution in [3.05, 3.63) is 62.5 Å². The number of imidazole rings is 1. The number of nitrogens with one attached hydrogen (secondary N) is 2. The largest absolute Gasteiger partial charge is 0.493 e. The van der Waals surface area contributed by atoms with Crippen LogP contribution in [0, 0.1) is 22.7 Å². The summed E-state index contributed by atoms with van der Waals surface area (Å²) in [6.45, 7) is 2.30. The summed E-state index contributed by atoms with van der Waals surface area (Å²) in [7, 11) is 0. The molecule has 4 aromatic rings. The van der Waals surface area contributed by atoms with E-state index in [0.717, 1.165) is 12.8 Å². The van der Waals surface area contributed by atoms with Gasteiger partial charge >= 0.3 is 5.69 Å². The summed E-state index contributed by atoms with van der Waals surface area (Å²) in [5.41, 5.74) is 1.42. The molecule has 13 heteroatoms. The van der Waals surface area contributed by atoms with Crippen molar-refractivity contribution < 1.29 is 5.11 Å². The second kappa shape index (κ2) is 8.80. The number of aromatic nitrogens is 6. The van der Waals surface area contributed by atoms with Gasteiger partial charge in [-0.3, -0.25) is 9.98 Å². The molecule has 0 aromatic carbocycles. The Morgan fingerprint density at radius 2 is 1.86 bits per heavy atom. The molecule has 1 aliphatic carbocycles. The van der Waals surface area contributed by atoms with E-state index in [1.807, 2.05) is 4.90 Å². The molecule has 0 bridgehead atoms. The third kappa shape index (κ3) is 4.02. The first-order valence-corrected chi connectivity index (χ1v) is 11.8. The number of nitriles is 2. The van der Waals surface area contributed by atoms with Crippen molar-refractivity contribution in [2.75, 3.05) is 36.0 Å². The van der Waals surface area contributed by atoms with E-state index in [1.54, 1.807) is 30.6 Å². The van der Waals surface area contributed by atoms with Gasteiger partial charge in [0, 0.05) is 37.6 Å². The molecule has 0 unspecified atom stereocenters. The number of piperazine rings is 1. The lowest BCUT2D eigenvalue weighted by molar-refractivity contribution is 0.454. The summed E-state index contributed by atoms with van der Waals surface area (Å²) in [6.07, 6.45) is 6.71. The molecular weight excluding hydrogens is 474 g/mol. The van der Waals surface area contributed by atoms with Gasteiger partial charge in [0.15, 0.2) is 17.0 Å². The zero-order chi connectivity index (χ0) is 25.5. The second-order valence-corrected chi connectivity index (χ2v) is 8.89. The predicted molar refractivity (Wildman–Crippen MR) is 132 cm³/mol. The number of aromatic hydroxyl groups is 1. The van der Waals surface area contributed by atoms with Crippen LogP contribution in [0.3, 0.4) is 0 Å². The van der Waals surface area contributed by atoms with Crippen molar-refractivity contribution in [3.63, 3.8) is 0 Å². The first-order valence-electron chi connectivity index (χ1n) is 11.8. The fourth-order valence-electron chi connectivity index (χ4n) is 4.42. The summed E-state index contributed by atoms with van der Waals surface area (Å²) in [5.74, 6) is 0.854. The van der Waals surface area contributed by atoms with Crippen molar-refractivity contribution in [3.8, 4) is 18.0 Å². The maximum Gasteiger partial charge on any atom is 0.326 e. The predicted octanol–water partition coefficient (Wildman–Crippen LogP) is -0.473. The van der Waals surface area contributed by atoms with Crippen LogP contribution in [0.1, 0.15) is 29.7 Å². The number of anilines is 2. The van der Waals surface area contributed by atoms with Gasteiger partial charge in [-0.05, 0) is 31.1 Å². The quantitative estimate of drug-likeness (QED) is 0.337. The Morgan fingerprint density at radius 1 is 1.11 bits per heavy atom. The van der Waals surface area contributed by atoms with Crippen molar-refractivity contribution in [2.45, 2.75) is 18.9 Å². The number of pyridine rings is 1. The van der Waals surface area contributed by atoms with Crippen molar-refractivity contribution in [1.82, 2.24) is 29.5 Å². The molecule has 0 spiro atoms. The Kier molecular flexibility index (Phi) is 5.31. The van der Waals surface area contributed by atoms with Crippen LogP contribution < -0.4 is 26.2 Å². The summed E-state index contributed by atoms with van der Waals surface area (Å²) in [6, 6.07) is 8.11. The number of aromatic amines is 2. The number of hydrogen-bond acceptors (Lipinski definition) is 10. The SMILES string of the molecule is N#Cc1cccnc1N1CCN(c2nc3c(=Cc4[nH]c(=O)[nH]c4O)cnn3c(=NC3CC3)c2C#N)CC1. The fourth-order valence-corrected chi connectivity index (χ4v) is 4.42. The van der Waals surface area contributed by atoms with Crippen LogP contribution in [0.15, 0.2) is 34.3 Å². The fraction of sp³-hybridized carbons (Fsp3) is 0.292. The number of fused-ring (bicyclic) bond motifs is 1. The minimum absolute atomic E-state index is 0.137. The average Bonchev–Trinajstić information content (AvgIpc) is 3.56.